The number of benzene rings is 1. The van der Waals surface area contributed by atoms with E-state index in [1.54, 1.807) is 11.9 Å². The van der Waals surface area contributed by atoms with Crippen LogP contribution in [0.15, 0.2) is 30.3 Å². The number of carboxylic acids is 1. The molecule has 0 spiro atoms. The van der Waals surface area contributed by atoms with Crippen LogP contribution in [0.25, 0.3) is 0 Å². The van der Waals surface area contributed by atoms with E-state index in [4.69, 9.17) is 0 Å². The summed E-state index contributed by atoms with van der Waals surface area (Å²) in [6, 6.07) is 8.16. The number of hydrogen-bond donors (Lipinski definition) is 2. The number of amides is 2. The summed E-state index contributed by atoms with van der Waals surface area (Å²) in [5, 5.41) is 11.8. The molecule has 22 heavy (non-hydrogen) atoms. The summed E-state index contributed by atoms with van der Waals surface area (Å²) >= 11 is 0. The minimum atomic E-state index is -1.07. The molecule has 1 aromatic rings. The molecule has 1 heterocycles. The number of hydrogen-bond acceptors (Lipinski definition) is 3. The molecule has 0 saturated carbocycles. The van der Waals surface area contributed by atoms with Crippen LogP contribution < -0.4 is 5.32 Å². The molecule has 1 aromatic carbocycles. The smallest absolute Gasteiger partial charge is 0.326 e. The van der Waals surface area contributed by atoms with E-state index in [0.717, 1.165) is 5.56 Å². The monoisotopic (exact) mass is 304 g/mol. The maximum absolute atomic E-state index is 12.2. The van der Waals surface area contributed by atoms with Gasteiger partial charge in [-0.25, -0.2) is 4.79 Å². The number of rotatable bonds is 5. The minimum Gasteiger partial charge on any atom is -0.480 e. The first-order valence-electron chi connectivity index (χ1n) is 7.28. The van der Waals surface area contributed by atoms with Crippen molar-refractivity contribution < 1.29 is 19.5 Å². The number of carbonyl (C=O) groups excluding carboxylic acids is 2. The summed E-state index contributed by atoms with van der Waals surface area (Å²) < 4.78 is 0. The average Bonchev–Trinajstić information content (AvgIpc) is 2.50. The molecule has 2 rings (SSSR count). The third-order valence-corrected chi connectivity index (χ3v) is 3.93. The van der Waals surface area contributed by atoms with Crippen molar-refractivity contribution in [3.05, 3.63) is 35.9 Å². The van der Waals surface area contributed by atoms with Crippen molar-refractivity contribution in [1.29, 1.82) is 0 Å². The van der Waals surface area contributed by atoms with Gasteiger partial charge in [-0.05, 0) is 12.0 Å². The zero-order valence-corrected chi connectivity index (χ0v) is 12.5. The number of aliphatic carboxylic acids is 1. The fourth-order valence-electron chi connectivity index (χ4n) is 2.51. The Labute approximate surface area is 129 Å². The van der Waals surface area contributed by atoms with Gasteiger partial charge in [-0.2, -0.15) is 0 Å². The first-order valence-corrected chi connectivity index (χ1v) is 7.28. The van der Waals surface area contributed by atoms with Gasteiger partial charge in [0.05, 0.1) is 0 Å². The molecular weight excluding hydrogens is 284 g/mol. The minimum absolute atomic E-state index is 0.0821. The lowest BCUT2D eigenvalue weighted by atomic mass is 9.95. The predicted octanol–water partition coefficient (Wildman–Crippen LogP) is 0.667. The van der Waals surface area contributed by atoms with Crippen LogP contribution in [0.2, 0.25) is 0 Å². The summed E-state index contributed by atoms with van der Waals surface area (Å²) in [4.78, 5) is 36.8. The molecule has 0 unspecified atom stereocenters. The van der Waals surface area contributed by atoms with Gasteiger partial charge in [0.15, 0.2) is 0 Å². The van der Waals surface area contributed by atoms with Gasteiger partial charge in [-0.1, -0.05) is 30.3 Å². The van der Waals surface area contributed by atoms with Gasteiger partial charge >= 0.3 is 5.97 Å². The highest BCUT2D eigenvalue weighted by atomic mass is 16.4. The molecule has 1 saturated heterocycles. The van der Waals surface area contributed by atoms with Gasteiger partial charge in [0.1, 0.15) is 6.04 Å². The van der Waals surface area contributed by atoms with E-state index in [1.165, 1.54) is 0 Å². The molecule has 2 atom stereocenters. The number of carbonyl (C=O) groups is 3. The Morgan fingerprint density at radius 1 is 1.36 bits per heavy atom. The number of carboxylic acid groups (broad SMARTS) is 1. The highest BCUT2D eigenvalue weighted by molar-refractivity contribution is 5.89. The van der Waals surface area contributed by atoms with Crippen molar-refractivity contribution in [2.45, 2.75) is 25.3 Å². The Morgan fingerprint density at radius 3 is 2.64 bits per heavy atom. The fourth-order valence-corrected chi connectivity index (χ4v) is 2.51. The molecule has 0 bridgehead atoms. The number of likely N-dealkylation sites (tertiary alicyclic amines) is 1. The van der Waals surface area contributed by atoms with Crippen molar-refractivity contribution >= 4 is 17.8 Å². The van der Waals surface area contributed by atoms with Crippen LogP contribution in [0, 0.1) is 5.92 Å². The second kappa shape index (κ2) is 7.06. The summed E-state index contributed by atoms with van der Waals surface area (Å²) in [5.74, 6) is -1.95. The zero-order valence-electron chi connectivity index (χ0n) is 12.5. The van der Waals surface area contributed by atoms with Crippen molar-refractivity contribution in [2.75, 3.05) is 13.6 Å². The molecule has 6 nitrogen and oxygen atoms in total. The van der Waals surface area contributed by atoms with Gasteiger partial charge in [0.2, 0.25) is 11.8 Å². The summed E-state index contributed by atoms with van der Waals surface area (Å²) in [7, 11) is 1.70. The van der Waals surface area contributed by atoms with Crippen molar-refractivity contribution in [2.24, 2.45) is 5.92 Å². The van der Waals surface area contributed by atoms with E-state index < -0.39 is 17.9 Å². The van der Waals surface area contributed by atoms with Crippen molar-refractivity contribution in [1.82, 2.24) is 10.2 Å². The Morgan fingerprint density at radius 2 is 2.05 bits per heavy atom. The van der Waals surface area contributed by atoms with E-state index in [9.17, 15) is 19.5 Å². The van der Waals surface area contributed by atoms with E-state index in [-0.39, 0.29) is 24.7 Å². The molecule has 2 N–H and O–H groups in total. The fraction of sp³-hybridized carbons (Fsp3) is 0.438. The summed E-state index contributed by atoms with van der Waals surface area (Å²) in [6.45, 7) is 0.521. The second-order valence-corrected chi connectivity index (χ2v) is 5.59. The lowest BCUT2D eigenvalue weighted by Crippen LogP contribution is -2.48. The Kier molecular flexibility index (Phi) is 5.14. The molecule has 6 heteroatoms. The van der Waals surface area contributed by atoms with Crippen molar-refractivity contribution in [3.8, 4) is 0 Å². The van der Waals surface area contributed by atoms with Crippen LogP contribution in [0.3, 0.4) is 0 Å². The van der Waals surface area contributed by atoms with E-state index in [0.29, 0.717) is 13.0 Å². The van der Waals surface area contributed by atoms with E-state index in [1.807, 2.05) is 30.3 Å². The van der Waals surface area contributed by atoms with E-state index in [2.05, 4.69) is 5.32 Å². The van der Waals surface area contributed by atoms with Gasteiger partial charge < -0.3 is 15.3 Å². The molecule has 0 aliphatic carbocycles. The molecule has 0 radical (unpaired) electrons. The lowest BCUT2D eigenvalue weighted by molar-refractivity contribution is -0.144. The predicted molar refractivity (Wildman–Crippen MR) is 80.1 cm³/mol. The molecule has 1 aliphatic rings. The van der Waals surface area contributed by atoms with Crippen LogP contribution in [0.5, 0.6) is 0 Å². The Bertz CT molecular complexity index is 559. The normalized spacial score (nSPS) is 19.6. The molecule has 2 amide bonds. The first-order chi connectivity index (χ1) is 10.5. The highest BCUT2D eigenvalue weighted by Gasteiger charge is 2.31. The van der Waals surface area contributed by atoms with Crippen LogP contribution in [-0.2, 0) is 20.8 Å². The van der Waals surface area contributed by atoms with Gasteiger partial charge in [0, 0.05) is 32.4 Å². The average molecular weight is 304 g/mol. The standard InChI is InChI=1S/C16H20N2O4/c1-18-8-7-12(10-14(18)19)15(20)17-13(16(21)22)9-11-5-3-2-4-6-11/h2-6,12-13H,7-10H2,1H3,(H,17,20)(H,21,22)/t12-,13-/m0/s1. The highest BCUT2D eigenvalue weighted by Crippen LogP contribution is 2.17. The van der Waals surface area contributed by atoms with Gasteiger partial charge in [0.25, 0.3) is 0 Å². The molecule has 118 valence electrons. The van der Waals surface area contributed by atoms with E-state index >= 15 is 0 Å². The molecule has 1 aliphatic heterocycles. The van der Waals surface area contributed by atoms with Crippen LogP contribution in [-0.4, -0.2) is 47.4 Å². The lowest BCUT2D eigenvalue weighted by Gasteiger charge is -2.28. The number of piperidine rings is 1. The Hall–Kier alpha value is -2.37. The summed E-state index contributed by atoms with van der Waals surface area (Å²) in [6.07, 6.45) is 0.925. The number of nitrogens with one attached hydrogen (secondary N) is 1. The maximum atomic E-state index is 12.2. The molecular formula is C16H20N2O4. The zero-order chi connectivity index (χ0) is 16.1. The quantitative estimate of drug-likeness (QED) is 0.837. The number of nitrogens with zero attached hydrogens (tertiary/aromatic N) is 1. The van der Waals surface area contributed by atoms with Crippen molar-refractivity contribution in [3.63, 3.8) is 0 Å². The van der Waals surface area contributed by atoms with Crippen LogP contribution >= 0.6 is 0 Å². The first kappa shape index (κ1) is 16.0. The largest absolute Gasteiger partial charge is 0.480 e. The Balaban J connectivity index is 1.97. The SMILES string of the molecule is CN1CC[C@H](C(=O)N[C@@H](Cc2ccccc2)C(=O)O)CC1=O. The third kappa shape index (κ3) is 4.07. The van der Waals surface area contributed by atoms with Crippen LogP contribution in [0.4, 0.5) is 0 Å². The topological polar surface area (TPSA) is 86.7 Å². The van der Waals surface area contributed by atoms with Crippen LogP contribution in [0.1, 0.15) is 18.4 Å². The maximum Gasteiger partial charge on any atom is 0.326 e. The summed E-state index contributed by atoms with van der Waals surface area (Å²) in [5.41, 5.74) is 0.842. The second-order valence-electron chi connectivity index (χ2n) is 5.59. The molecule has 0 aromatic heterocycles. The third-order valence-electron chi connectivity index (χ3n) is 3.93. The van der Waals surface area contributed by atoms with Gasteiger partial charge in [-0.15, -0.1) is 0 Å². The molecule has 1 fully saturated rings. The van der Waals surface area contributed by atoms with Gasteiger partial charge in [-0.3, -0.25) is 9.59 Å².